The quantitative estimate of drug-likeness (QED) is 0.902. The summed E-state index contributed by atoms with van der Waals surface area (Å²) in [4.78, 5) is 8.41. The topological polar surface area (TPSA) is 75.2 Å². The van der Waals surface area contributed by atoms with Crippen molar-refractivity contribution in [3.05, 3.63) is 47.7 Å². The summed E-state index contributed by atoms with van der Waals surface area (Å²) in [5, 5.41) is 3.33. The van der Waals surface area contributed by atoms with Gasteiger partial charge in [0.2, 0.25) is 10.0 Å². The second-order valence-electron chi connectivity index (χ2n) is 6.28. The molecule has 1 saturated heterocycles. The van der Waals surface area contributed by atoms with Crippen LogP contribution < -0.4 is 5.32 Å². The van der Waals surface area contributed by atoms with Crippen LogP contribution in [0.25, 0.3) is 0 Å². The second-order valence-corrected chi connectivity index (χ2v) is 8.18. The maximum Gasteiger partial charge on any atom is 0.243 e. The second kappa shape index (κ2) is 7.05. The highest BCUT2D eigenvalue weighted by atomic mass is 32.2. The Balaban J connectivity index is 1.67. The van der Waals surface area contributed by atoms with E-state index in [4.69, 9.17) is 0 Å². The third kappa shape index (κ3) is 3.96. The number of halogens is 1. The molecule has 2 heterocycles. The van der Waals surface area contributed by atoms with Crippen LogP contribution in [-0.2, 0) is 10.0 Å². The van der Waals surface area contributed by atoms with Crippen molar-refractivity contribution in [1.29, 1.82) is 0 Å². The van der Waals surface area contributed by atoms with Gasteiger partial charge in [0.15, 0.2) is 0 Å². The molecule has 1 aromatic heterocycles. The molecule has 25 heavy (non-hydrogen) atoms. The number of sulfonamides is 1. The summed E-state index contributed by atoms with van der Waals surface area (Å²) in [6.45, 7) is 4.34. The summed E-state index contributed by atoms with van der Waals surface area (Å²) < 4.78 is 40.3. The van der Waals surface area contributed by atoms with E-state index in [1.807, 2.05) is 13.0 Å². The lowest BCUT2D eigenvalue weighted by molar-refractivity contribution is 0.329. The van der Waals surface area contributed by atoms with Crippen molar-refractivity contribution in [2.75, 3.05) is 18.4 Å². The molecule has 8 heteroatoms. The van der Waals surface area contributed by atoms with Gasteiger partial charge in [-0.15, -0.1) is 0 Å². The van der Waals surface area contributed by atoms with Crippen molar-refractivity contribution >= 4 is 15.8 Å². The molecule has 6 nitrogen and oxygen atoms in total. The van der Waals surface area contributed by atoms with Crippen molar-refractivity contribution in [2.45, 2.75) is 37.6 Å². The summed E-state index contributed by atoms with van der Waals surface area (Å²) >= 11 is 0. The van der Waals surface area contributed by atoms with E-state index >= 15 is 0 Å². The van der Waals surface area contributed by atoms with Crippen molar-refractivity contribution < 1.29 is 12.8 Å². The number of rotatable bonds is 4. The SMILES string of the molecule is Cc1cc(NC2CCN(S(=O)(=O)c3ccc(F)cc3C)CC2)ncn1. The Bertz CT molecular complexity index is 865. The molecule has 0 atom stereocenters. The first kappa shape index (κ1) is 17.8. The van der Waals surface area contributed by atoms with Crippen LogP contribution in [-0.4, -0.2) is 41.8 Å². The zero-order valence-corrected chi connectivity index (χ0v) is 15.1. The highest BCUT2D eigenvalue weighted by molar-refractivity contribution is 7.89. The lowest BCUT2D eigenvalue weighted by Gasteiger charge is -2.32. The Kier molecular flexibility index (Phi) is 5.01. The van der Waals surface area contributed by atoms with E-state index < -0.39 is 15.8 Å². The fraction of sp³-hybridized carbons (Fsp3) is 0.412. The first-order chi connectivity index (χ1) is 11.9. The van der Waals surface area contributed by atoms with Gasteiger partial charge in [-0.05, 0) is 50.5 Å². The minimum Gasteiger partial charge on any atom is -0.367 e. The number of anilines is 1. The summed E-state index contributed by atoms with van der Waals surface area (Å²) in [7, 11) is -3.60. The van der Waals surface area contributed by atoms with E-state index in [0.717, 1.165) is 11.5 Å². The Morgan fingerprint density at radius 1 is 1.16 bits per heavy atom. The third-order valence-electron chi connectivity index (χ3n) is 4.36. The molecule has 0 amide bonds. The van der Waals surface area contributed by atoms with Gasteiger partial charge in [0.1, 0.15) is 18.0 Å². The van der Waals surface area contributed by atoms with Gasteiger partial charge in [-0.3, -0.25) is 0 Å². The molecule has 1 aliphatic rings. The number of nitrogens with one attached hydrogen (secondary N) is 1. The predicted molar refractivity (Wildman–Crippen MR) is 93.3 cm³/mol. The smallest absolute Gasteiger partial charge is 0.243 e. The Hall–Kier alpha value is -2.06. The maximum atomic E-state index is 13.2. The van der Waals surface area contributed by atoms with Crippen LogP contribution >= 0.6 is 0 Å². The van der Waals surface area contributed by atoms with Crippen molar-refractivity contribution in [3.63, 3.8) is 0 Å². The van der Waals surface area contributed by atoms with Gasteiger partial charge in [-0.1, -0.05) is 0 Å². The summed E-state index contributed by atoms with van der Waals surface area (Å²) in [6.07, 6.45) is 2.87. The normalized spacial score (nSPS) is 16.8. The number of benzene rings is 1. The molecule has 1 fully saturated rings. The van der Waals surface area contributed by atoms with Gasteiger partial charge in [-0.2, -0.15) is 4.31 Å². The zero-order chi connectivity index (χ0) is 18.0. The lowest BCUT2D eigenvalue weighted by Crippen LogP contribution is -2.42. The van der Waals surface area contributed by atoms with Gasteiger partial charge in [0.25, 0.3) is 0 Å². The van der Waals surface area contributed by atoms with E-state index in [0.29, 0.717) is 31.5 Å². The number of aromatic nitrogens is 2. The number of hydrogen-bond acceptors (Lipinski definition) is 5. The van der Waals surface area contributed by atoms with E-state index in [1.54, 1.807) is 6.92 Å². The highest BCUT2D eigenvalue weighted by Crippen LogP contribution is 2.25. The summed E-state index contributed by atoms with van der Waals surface area (Å²) in [5.41, 5.74) is 1.31. The van der Waals surface area contributed by atoms with Gasteiger partial charge in [0, 0.05) is 30.9 Å². The molecule has 1 aromatic carbocycles. The van der Waals surface area contributed by atoms with E-state index in [1.165, 1.54) is 28.8 Å². The maximum absolute atomic E-state index is 13.2. The fourth-order valence-corrected chi connectivity index (χ4v) is 4.70. The van der Waals surface area contributed by atoms with Crippen LogP contribution in [0.2, 0.25) is 0 Å². The van der Waals surface area contributed by atoms with Crippen LogP contribution in [0.3, 0.4) is 0 Å². The van der Waals surface area contributed by atoms with Gasteiger partial charge < -0.3 is 5.32 Å². The highest BCUT2D eigenvalue weighted by Gasteiger charge is 2.30. The number of hydrogen-bond donors (Lipinski definition) is 1. The average Bonchev–Trinajstić information content (AvgIpc) is 2.55. The number of nitrogens with zero attached hydrogens (tertiary/aromatic N) is 3. The standard InChI is InChI=1S/C17H21FN4O2S/c1-12-9-14(18)3-4-16(12)25(23,24)22-7-5-15(6-8-22)21-17-10-13(2)19-11-20-17/h3-4,9-11,15H,5-8H2,1-2H3,(H,19,20,21). The molecular weight excluding hydrogens is 343 g/mol. The van der Waals surface area contributed by atoms with E-state index in [-0.39, 0.29) is 10.9 Å². The molecule has 1 N–H and O–H groups in total. The Morgan fingerprint density at radius 2 is 1.88 bits per heavy atom. The number of aryl methyl sites for hydroxylation is 2. The monoisotopic (exact) mass is 364 g/mol. The fourth-order valence-electron chi connectivity index (χ4n) is 3.02. The molecule has 0 saturated carbocycles. The first-order valence-electron chi connectivity index (χ1n) is 8.18. The summed E-state index contributed by atoms with van der Waals surface area (Å²) in [6, 6.07) is 5.80. The van der Waals surface area contributed by atoms with Crippen LogP contribution in [0.1, 0.15) is 24.1 Å². The molecule has 134 valence electrons. The molecule has 3 rings (SSSR count). The third-order valence-corrected chi connectivity index (χ3v) is 6.42. The molecule has 0 radical (unpaired) electrons. The molecule has 2 aromatic rings. The van der Waals surface area contributed by atoms with E-state index in [9.17, 15) is 12.8 Å². The molecule has 0 bridgehead atoms. The van der Waals surface area contributed by atoms with Gasteiger partial charge in [-0.25, -0.2) is 22.8 Å². The lowest BCUT2D eigenvalue weighted by atomic mass is 10.1. The van der Waals surface area contributed by atoms with Crippen molar-refractivity contribution in [3.8, 4) is 0 Å². The summed E-state index contributed by atoms with van der Waals surface area (Å²) in [5.74, 6) is 0.322. The van der Waals surface area contributed by atoms with E-state index in [2.05, 4.69) is 15.3 Å². The minimum atomic E-state index is -3.60. The minimum absolute atomic E-state index is 0.162. The van der Waals surface area contributed by atoms with Crippen LogP contribution in [0.5, 0.6) is 0 Å². The van der Waals surface area contributed by atoms with Crippen LogP contribution in [0.15, 0.2) is 35.5 Å². The molecule has 0 aliphatic carbocycles. The Labute approximate surface area is 147 Å². The van der Waals surface area contributed by atoms with Crippen LogP contribution in [0, 0.1) is 19.7 Å². The zero-order valence-electron chi connectivity index (χ0n) is 14.2. The number of piperidine rings is 1. The van der Waals surface area contributed by atoms with Crippen molar-refractivity contribution in [1.82, 2.24) is 14.3 Å². The van der Waals surface area contributed by atoms with Crippen LogP contribution in [0.4, 0.5) is 10.2 Å². The van der Waals surface area contributed by atoms with Crippen molar-refractivity contribution in [2.24, 2.45) is 0 Å². The van der Waals surface area contributed by atoms with Gasteiger partial charge in [0.05, 0.1) is 4.90 Å². The Morgan fingerprint density at radius 3 is 2.52 bits per heavy atom. The molecule has 0 unspecified atom stereocenters. The predicted octanol–water partition coefficient (Wildman–Crippen LogP) is 2.50. The molecular formula is C17H21FN4O2S. The van der Waals surface area contributed by atoms with Gasteiger partial charge >= 0.3 is 0 Å². The molecule has 1 aliphatic heterocycles. The largest absolute Gasteiger partial charge is 0.367 e. The average molecular weight is 364 g/mol. The first-order valence-corrected chi connectivity index (χ1v) is 9.62. The molecule has 0 spiro atoms.